The van der Waals surface area contributed by atoms with Crippen LogP contribution in [-0.4, -0.2) is 0 Å². The van der Waals surface area contributed by atoms with Gasteiger partial charge in [0, 0.05) is 0 Å². The second kappa shape index (κ2) is 12.0. The monoisotopic (exact) mass is 516 g/mol. The Bertz CT molecular complexity index is 1740. The lowest BCUT2D eigenvalue weighted by molar-refractivity contribution is 1.14. The fraction of sp³-hybridized carbons (Fsp3) is 0.100. The highest BCUT2D eigenvalue weighted by Gasteiger charge is 2.14. The molecule has 0 N–H and O–H groups in total. The summed E-state index contributed by atoms with van der Waals surface area (Å²) in [5.41, 5.74) is 12.7. The van der Waals surface area contributed by atoms with E-state index in [1.807, 2.05) is 0 Å². The van der Waals surface area contributed by atoms with Crippen molar-refractivity contribution < 1.29 is 0 Å². The molecule has 0 spiro atoms. The van der Waals surface area contributed by atoms with Gasteiger partial charge in [0.2, 0.25) is 0 Å². The first-order valence-corrected chi connectivity index (χ1v) is 14.0. The van der Waals surface area contributed by atoms with Crippen molar-refractivity contribution in [1.29, 1.82) is 0 Å². The summed E-state index contributed by atoms with van der Waals surface area (Å²) in [7, 11) is 0. The van der Waals surface area contributed by atoms with Crippen LogP contribution in [0.4, 0.5) is 0 Å². The standard InChI is InChI=1S/C40H36/c1-6-32-21-24-35(25-22-32)39(40-29(3)20-23-34-17-11-13-19-37(34)40)27-31(5)30(4)26-38(33-15-8-7-9-16-33)36-18-12-10-14-28(36)2/h7-27H,4-6H2,1-3H3/b38-26-,39-27-. The van der Waals surface area contributed by atoms with Crippen molar-refractivity contribution in [2.75, 3.05) is 0 Å². The highest BCUT2D eigenvalue weighted by Crippen LogP contribution is 2.35. The summed E-state index contributed by atoms with van der Waals surface area (Å²) in [5, 5.41) is 2.47. The van der Waals surface area contributed by atoms with E-state index in [0.717, 1.165) is 34.3 Å². The molecule has 0 heterocycles. The van der Waals surface area contributed by atoms with Crippen LogP contribution in [0, 0.1) is 13.8 Å². The maximum atomic E-state index is 4.53. The molecule has 0 aliphatic rings. The quantitative estimate of drug-likeness (QED) is 0.180. The molecule has 5 aromatic rings. The van der Waals surface area contributed by atoms with E-state index in [4.69, 9.17) is 0 Å². The minimum atomic E-state index is 0.891. The van der Waals surface area contributed by atoms with Crippen LogP contribution in [0.3, 0.4) is 0 Å². The Morgan fingerprint density at radius 2 is 1.18 bits per heavy atom. The van der Waals surface area contributed by atoms with Crippen LogP contribution in [0.25, 0.3) is 21.9 Å². The van der Waals surface area contributed by atoms with E-state index in [9.17, 15) is 0 Å². The molecule has 5 rings (SSSR count). The van der Waals surface area contributed by atoms with Gasteiger partial charge < -0.3 is 0 Å². The molecule has 0 radical (unpaired) electrons. The second-order valence-electron chi connectivity index (χ2n) is 10.4. The third-order valence-electron chi connectivity index (χ3n) is 7.65. The molecule has 0 heteroatoms. The number of allylic oxidation sites excluding steroid dienone is 4. The van der Waals surface area contributed by atoms with Crippen molar-refractivity contribution in [2.24, 2.45) is 0 Å². The largest absolute Gasteiger partial charge is 0.0912 e. The summed E-state index contributed by atoms with van der Waals surface area (Å²) >= 11 is 0. The van der Waals surface area contributed by atoms with Crippen molar-refractivity contribution in [2.45, 2.75) is 27.2 Å². The lowest BCUT2D eigenvalue weighted by atomic mass is 9.87. The zero-order valence-electron chi connectivity index (χ0n) is 23.7. The SMILES string of the molecule is C=C(/C=C(/c1ccccc1)c1ccccc1C)C(=C)/C=C(/c1ccc(CC)cc1)c1c(C)ccc2ccccc12. The third-order valence-corrected chi connectivity index (χ3v) is 7.65. The molecule has 0 nitrogen and oxygen atoms in total. The Kier molecular flexibility index (Phi) is 8.08. The van der Waals surface area contributed by atoms with E-state index < -0.39 is 0 Å². The first-order chi connectivity index (χ1) is 19.5. The van der Waals surface area contributed by atoms with Crippen LogP contribution < -0.4 is 0 Å². The second-order valence-corrected chi connectivity index (χ2v) is 10.4. The average molecular weight is 517 g/mol. The zero-order valence-corrected chi connectivity index (χ0v) is 23.7. The molecule has 0 unspecified atom stereocenters. The minimum Gasteiger partial charge on any atom is -0.0912 e. The molecule has 0 aromatic heterocycles. The molecule has 0 amide bonds. The van der Waals surface area contributed by atoms with E-state index in [-0.39, 0.29) is 0 Å². The smallest absolute Gasteiger partial charge is 0.00699 e. The van der Waals surface area contributed by atoms with Gasteiger partial charge in [0.15, 0.2) is 0 Å². The van der Waals surface area contributed by atoms with Gasteiger partial charge in [-0.05, 0) is 104 Å². The van der Waals surface area contributed by atoms with Crippen LogP contribution in [-0.2, 0) is 6.42 Å². The van der Waals surface area contributed by atoms with E-state index in [0.29, 0.717) is 0 Å². The Labute approximate surface area is 239 Å². The molecular formula is C40H36. The Hall–Kier alpha value is -4.68. The number of benzene rings is 5. The van der Waals surface area contributed by atoms with Crippen molar-refractivity contribution in [3.63, 3.8) is 0 Å². The van der Waals surface area contributed by atoms with Crippen molar-refractivity contribution in [3.8, 4) is 0 Å². The Morgan fingerprint density at radius 1 is 0.575 bits per heavy atom. The molecule has 0 bridgehead atoms. The zero-order chi connectivity index (χ0) is 28.1. The molecule has 40 heavy (non-hydrogen) atoms. The van der Waals surface area contributed by atoms with Gasteiger partial charge >= 0.3 is 0 Å². The summed E-state index contributed by atoms with van der Waals surface area (Å²) in [5.74, 6) is 0. The van der Waals surface area contributed by atoms with Crippen LogP contribution in [0.1, 0.15) is 45.9 Å². The predicted octanol–water partition coefficient (Wildman–Crippen LogP) is 10.7. The Morgan fingerprint density at radius 3 is 1.88 bits per heavy atom. The van der Waals surface area contributed by atoms with Gasteiger partial charge in [0.25, 0.3) is 0 Å². The van der Waals surface area contributed by atoms with Crippen LogP contribution >= 0.6 is 0 Å². The number of hydrogen-bond donors (Lipinski definition) is 0. The van der Waals surface area contributed by atoms with Gasteiger partial charge in [-0.25, -0.2) is 0 Å². The van der Waals surface area contributed by atoms with Gasteiger partial charge in [-0.15, -0.1) is 0 Å². The van der Waals surface area contributed by atoms with E-state index in [1.165, 1.54) is 44.2 Å². The lowest BCUT2D eigenvalue weighted by Gasteiger charge is -2.17. The number of hydrogen-bond acceptors (Lipinski definition) is 0. The molecule has 0 atom stereocenters. The number of rotatable bonds is 8. The van der Waals surface area contributed by atoms with E-state index in [2.05, 4.69) is 161 Å². The normalized spacial score (nSPS) is 12.0. The van der Waals surface area contributed by atoms with Crippen LogP contribution in [0.15, 0.2) is 152 Å². The maximum Gasteiger partial charge on any atom is -0.00699 e. The predicted molar refractivity (Wildman–Crippen MR) is 175 cm³/mol. The van der Waals surface area contributed by atoms with E-state index >= 15 is 0 Å². The average Bonchev–Trinajstić information content (AvgIpc) is 2.99. The van der Waals surface area contributed by atoms with Gasteiger partial charge in [-0.2, -0.15) is 0 Å². The van der Waals surface area contributed by atoms with Gasteiger partial charge in [-0.1, -0.05) is 135 Å². The molecule has 5 aromatic carbocycles. The summed E-state index contributed by atoms with van der Waals surface area (Å²) < 4.78 is 0. The minimum absolute atomic E-state index is 0.891. The fourth-order valence-electron chi connectivity index (χ4n) is 5.30. The third kappa shape index (κ3) is 5.67. The molecule has 0 aliphatic carbocycles. The van der Waals surface area contributed by atoms with Crippen molar-refractivity contribution >= 4 is 21.9 Å². The highest BCUT2D eigenvalue weighted by atomic mass is 14.2. The summed E-state index contributed by atoms with van der Waals surface area (Å²) in [6.07, 6.45) is 5.42. The number of aryl methyl sites for hydroxylation is 3. The van der Waals surface area contributed by atoms with Crippen molar-refractivity contribution in [1.82, 2.24) is 0 Å². The summed E-state index contributed by atoms with van der Waals surface area (Å²) in [6, 6.07) is 41.0. The molecule has 196 valence electrons. The Balaban J connectivity index is 1.65. The van der Waals surface area contributed by atoms with Gasteiger partial charge in [0.05, 0.1) is 0 Å². The maximum absolute atomic E-state index is 4.53. The van der Waals surface area contributed by atoms with Crippen molar-refractivity contribution in [3.05, 3.63) is 191 Å². The molecular weight excluding hydrogens is 480 g/mol. The molecule has 0 saturated heterocycles. The topological polar surface area (TPSA) is 0 Å². The summed E-state index contributed by atoms with van der Waals surface area (Å²) in [6.45, 7) is 15.6. The van der Waals surface area contributed by atoms with Gasteiger partial charge in [-0.3, -0.25) is 0 Å². The van der Waals surface area contributed by atoms with Crippen LogP contribution in [0.5, 0.6) is 0 Å². The van der Waals surface area contributed by atoms with Gasteiger partial charge in [0.1, 0.15) is 0 Å². The lowest BCUT2D eigenvalue weighted by Crippen LogP contribution is -1.97. The number of fused-ring (bicyclic) bond motifs is 1. The van der Waals surface area contributed by atoms with E-state index in [1.54, 1.807) is 0 Å². The first kappa shape index (κ1) is 26.9. The van der Waals surface area contributed by atoms with Crippen LogP contribution in [0.2, 0.25) is 0 Å². The fourth-order valence-corrected chi connectivity index (χ4v) is 5.30. The molecule has 0 fully saturated rings. The summed E-state index contributed by atoms with van der Waals surface area (Å²) in [4.78, 5) is 0. The highest BCUT2D eigenvalue weighted by molar-refractivity contribution is 6.00. The molecule has 0 aliphatic heterocycles. The first-order valence-electron chi connectivity index (χ1n) is 14.0. The molecule has 0 saturated carbocycles.